The molecule has 6 nitrogen and oxygen atoms in total. The summed E-state index contributed by atoms with van der Waals surface area (Å²) < 4.78 is 13.2. The van der Waals surface area contributed by atoms with Gasteiger partial charge in [0, 0.05) is 16.6 Å². The van der Waals surface area contributed by atoms with Gasteiger partial charge in [-0.2, -0.15) is 0 Å². The highest BCUT2D eigenvalue weighted by Crippen LogP contribution is 2.45. The molecule has 2 heterocycles. The van der Waals surface area contributed by atoms with Crippen LogP contribution in [0.25, 0.3) is 54.2 Å². The van der Waals surface area contributed by atoms with Crippen LogP contribution in [-0.2, 0) is 4.79 Å². The molecule has 1 aliphatic carbocycles. The maximum Gasteiger partial charge on any atom is 0.758 e. The van der Waals surface area contributed by atoms with Crippen molar-refractivity contribution in [2.45, 2.75) is 0 Å². The van der Waals surface area contributed by atoms with Crippen LogP contribution >= 0.6 is 0 Å². The molecule has 0 saturated heterocycles. The lowest BCUT2D eigenvalue weighted by Gasteiger charge is -2.30. The second-order valence-electron chi connectivity index (χ2n) is 13.5. The summed E-state index contributed by atoms with van der Waals surface area (Å²) in [5.74, 6) is 1.19. The zero-order valence-corrected chi connectivity index (χ0v) is 27.7. The average Bonchev–Trinajstić information content (AvgIpc) is 3.19. The van der Waals surface area contributed by atoms with Crippen LogP contribution in [0, 0.1) is 0 Å². The Morgan fingerprint density at radius 2 is 1.15 bits per heavy atom. The van der Waals surface area contributed by atoms with E-state index in [1.807, 2.05) is 97.1 Å². The molecule has 3 aliphatic rings. The topological polar surface area (TPSA) is 81.8 Å². The van der Waals surface area contributed by atoms with E-state index in [4.69, 9.17) is 9.31 Å². The van der Waals surface area contributed by atoms with Gasteiger partial charge < -0.3 is 19.6 Å². The first-order valence-corrected chi connectivity index (χ1v) is 17.4. The Bertz CT molecular complexity index is 3060. The van der Waals surface area contributed by atoms with Gasteiger partial charge >= 0.3 is 14.1 Å². The largest absolute Gasteiger partial charge is 0.758 e. The molecular formula is C44H27B2N2O4+. The van der Waals surface area contributed by atoms with Gasteiger partial charge in [0.15, 0.2) is 5.36 Å². The van der Waals surface area contributed by atoms with Gasteiger partial charge in [-0.25, -0.2) is 0 Å². The summed E-state index contributed by atoms with van der Waals surface area (Å²) in [7, 11) is -1.02. The molecule has 0 unspecified atom stereocenters. The molecule has 11 rings (SSSR count). The van der Waals surface area contributed by atoms with Crippen molar-refractivity contribution in [1.82, 2.24) is 0 Å². The van der Waals surface area contributed by atoms with Crippen molar-refractivity contribution < 1.29 is 24.1 Å². The van der Waals surface area contributed by atoms with E-state index >= 15 is 0 Å². The van der Waals surface area contributed by atoms with Gasteiger partial charge in [-0.05, 0) is 56.0 Å². The molecule has 2 aliphatic heterocycles. The van der Waals surface area contributed by atoms with Crippen LogP contribution in [0.1, 0.15) is 5.56 Å². The molecule has 3 N–H and O–H groups in total. The number of aliphatic hydroxyl groups is 1. The number of Topliss-reactive ketones (excluding diaryl/α,β-unsaturated/α-hetero) is 1. The fourth-order valence-electron chi connectivity index (χ4n) is 8.32. The minimum atomic E-state index is -0.509. The first kappa shape index (κ1) is 29.0. The number of aliphatic hydroxyl groups excluding tert-OH is 1. The van der Waals surface area contributed by atoms with Crippen LogP contribution in [0.4, 0.5) is 5.69 Å². The molecule has 8 aromatic rings. The Morgan fingerprint density at radius 1 is 0.558 bits per heavy atom. The zero-order valence-electron chi connectivity index (χ0n) is 27.7. The smallest absolute Gasteiger partial charge is 0.537 e. The van der Waals surface area contributed by atoms with Crippen LogP contribution in [0.5, 0.6) is 11.5 Å². The maximum absolute atomic E-state index is 14.5. The molecule has 0 fully saturated rings. The van der Waals surface area contributed by atoms with Gasteiger partial charge in [0.05, 0.1) is 27.2 Å². The summed E-state index contributed by atoms with van der Waals surface area (Å²) in [6.07, 6.45) is 0. The number of ketones is 1. The van der Waals surface area contributed by atoms with Crippen molar-refractivity contribution in [1.29, 1.82) is 0 Å². The monoisotopic (exact) mass is 669 g/mol. The molecule has 0 amide bonds. The van der Waals surface area contributed by atoms with Gasteiger partial charge in [0.25, 0.3) is 0 Å². The third-order valence-corrected chi connectivity index (χ3v) is 10.7. The van der Waals surface area contributed by atoms with Gasteiger partial charge in [-0.1, -0.05) is 127 Å². The van der Waals surface area contributed by atoms with Crippen LogP contribution < -0.4 is 40.9 Å². The van der Waals surface area contributed by atoms with Gasteiger partial charge in [-0.3, -0.25) is 9.70 Å². The highest BCUT2D eigenvalue weighted by atomic mass is 16.4. The average molecular weight is 669 g/mol. The number of fused-ring (bicyclic) bond motifs is 2. The van der Waals surface area contributed by atoms with Gasteiger partial charge in [0.2, 0.25) is 5.78 Å². The second kappa shape index (κ2) is 10.9. The third kappa shape index (κ3) is 4.09. The number of anilines is 1. The van der Waals surface area contributed by atoms with E-state index in [0.717, 1.165) is 76.6 Å². The van der Waals surface area contributed by atoms with Gasteiger partial charge in [0.1, 0.15) is 17.3 Å². The molecule has 0 saturated carbocycles. The highest BCUT2D eigenvalue weighted by molar-refractivity contribution is 6.74. The number of nitrogens with one attached hydrogen (secondary N) is 2. The van der Waals surface area contributed by atoms with Crippen LogP contribution in [-0.4, -0.2) is 25.0 Å². The normalized spacial score (nSPS) is 15.7. The summed E-state index contributed by atoms with van der Waals surface area (Å²) in [5.41, 5.74) is 3.94. The molecule has 0 aromatic heterocycles. The standard InChI is InChI=1S/C44H26B2N2O4/c49-43-39(31-23-21-27-13-7-19-35-37(27)41(31)47-45(51-35)33-17-5-11-25-9-1-3-15-29(25)33)44(50)40(43)32-24-22-28-14-8-20-36-38(28)42(32)48-46(52-36)34-18-6-12-26-10-2-4-16-30(26)34/h1-24,47,49H/p+1/b40-32-. The van der Waals surface area contributed by atoms with Crippen LogP contribution in [0.3, 0.4) is 0 Å². The second-order valence-corrected chi connectivity index (χ2v) is 13.5. The number of rotatable bonds is 3. The summed E-state index contributed by atoms with van der Waals surface area (Å²) in [6.45, 7) is 0. The van der Waals surface area contributed by atoms with E-state index in [2.05, 4.69) is 58.7 Å². The predicted octanol–water partition coefficient (Wildman–Crippen LogP) is 4.69. The van der Waals surface area contributed by atoms with E-state index in [0.29, 0.717) is 10.8 Å². The number of carbonyl (C=O) groups is 1. The number of hydrogen-bond acceptors (Lipinski definition) is 5. The van der Waals surface area contributed by atoms with E-state index < -0.39 is 14.1 Å². The van der Waals surface area contributed by atoms with Crippen molar-refractivity contribution in [3.8, 4) is 11.5 Å². The molecule has 0 spiro atoms. The van der Waals surface area contributed by atoms with E-state index in [9.17, 15) is 9.90 Å². The first-order valence-electron chi connectivity index (χ1n) is 17.4. The maximum atomic E-state index is 14.5. The van der Waals surface area contributed by atoms with Crippen LogP contribution in [0.15, 0.2) is 151 Å². The summed E-state index contributed by atoms with van der Waals surface area (Å²) in [6, 6.07) is 48.5. The fourth-order valence-corrected chi connectivity index (χ4v) is 8.32. The van der Waals surface area contributed by atoms with E-state index in [1.54, 1.807) is 0 Å². The summed E-state index contributed by atoms with van der Waals surface area (Å²) in [4.78, 5) is 18.1. The Kier molecular flexibility index (Phi) is 6.05. The van der Waals surface area contributed by atoms with Gasteiger partial charge in [-0.15, -0.1) is 0 Å². The minimum absolute atomic E-state index is 0.0313. The lowest BCUT2D eigenvalue weighted by Crippen LogP contribution is -2.94. The lowest BCUT2D eigenvalue weighted by molar-refractivity contribution is -0.358. The summed E-state index contributed by atoms with van der Waals surface area (Å²) >= 11 is 0. The molecular weight excluding hydrogens is 642 g/mol. The molecule has 0 atom stereocenters. The number of benzene rings is 8. The molecule has 8 heteroatoms. The Hall–Kier alpha value is -6.79. The predicted molar refractivity (Wildman–Crippen MR) is 209 cm³/mol. The molecule has 0 bridgehead atoms. The van der Waals surface area contributed by atoms with Crippen molar-refractivity contribution in [2.24, 2.45) is 0 Å². The molecule has 242 valence electrons. The molecule has 52 heavy (non-hydrogen) atoms. The Labute approximate surface area is 298 Å². The first-order chi connectivity index (χ1) is 25.6. The summed E-state index contributed by atoms with van der Waals surface area (Å²) in [5, 5.41) is 25.1. The zero-order chi connectivity index (χ0) is 34.5. The Balaban J connectivity index is 1.11. The number of carbonyl (C=O) groups excluding carboxylic acids is 1. The third-order valence-electron chi connectivity index (χ3n) is 10.7. The number of hydrogen-bond donors (Lipinski definition) is 3. The molecule has 0 radical (unpaired) electrons. The van der Waals surface area contributed by atoms with E-state index in [1.165, 1.54) is 0 Å². The quantitative estimate of drug-likeness (QED) is 0.238. The van der Waals surface area contributed by atoms with Crippen LogP contribution in [0.2, 0.25) is 0 Å². The fraction of sp³-hybridized carbons (Fsp3) is 0. The van der Waals surface area contributed by atoms with Crippen molar-refractivity contribution in [3.63, 3.8) is 0 Å². The minimum Gasteiger partial charge on any atom is -0.537 e. The highest BCUT2D eigenvalue weighted by Gasteiger charge is 2.42. The molecule has 8 aromatic carbocycles. The number of allylic oxidation sites excluding steroid dienone is 2. The SMILES string of the molecule is O=C1C(c2ccc3cccc4c3c2NB(c2cccc3ccccc23)O4)=C(O)/C1=c1\ccc2cccc3c2c1=[NH+]B(c1cccc2ccccc12)O3. The van der Waals surface area contributed by atoms with Crippen molar-refractivity contribution in [2.75, 3.05) is 5.23 Å². The van der Waals surface area contributed by atoms with E-state index in [-0.39, 0.29) is 22.7 Å². The Morgan fingerprint density at radius 3 is 1.90 bits per heavy atom. The van der Waals surface area contributed by atoms with Crippen molar-refractivity contribution in [3.05, 3.63) is 167 Å². The lowest BCUT2D eigenvalue weighted by atomic mass is 9.68. The van der Waals surface area contributed by atoms with Crippen molar-refractivity contribution >= 4 is 90.7 Å².